The van der Waals surface area contributed by atoms with E-state index >= 15 is 0 Å². The van der Waals surface area contributed by atoms with Gasteiger partial charge in [-0.25, -0.2) is 26.2 Å². The summed E-state index contributed by atoms with van der Waals surface area (Å²) in [6.45, 7) is 1.54. The van der Waals surface area contributed by atoms with E-state index in [-0.39, 0.29) is 38.9 Å². The summed E-state index contributed by atoms with van der Waals surface area (Å²) in [4.78, 5) is 16.2. The van der Waals surface area contributed by atoms with Crippen molar-refractivity contribution in [1.29, 1.82) is 0 Å². The lowest BCUT2D eigenvalue weighted by Crippen LogP contribution is -2.19. The number of nitrogens with one attached hydrogen (secondary N) is 1. The molecule has 10 nitrogen and oxygen atoms in total. The van der Waals surface area contributed by atoms with Crippen LogP contribution in [0.3, 0.4) is 0 Å². The third-order valence-electron chi connectivity index (χ3n) is 6.16. The standard InChI is InChI=1S/C27H23FN4O6S2/c1-3-39(34,35)20-11-12-25(21(14-20)24-16-31(2)27(33)23-15-29-17-32(23)24)38-19-8-6-7-18(13-19)30-40(36,37)26-10-5-4-9-22(26)28/h4-17,30H,3H2,1-2H3. The number of imidazole rings is 1. The van der Waals surface area contributed by atoms with Crippen LogP contribution in [-0.4, -0.2) is 36.5 Å². The Balaban J connectivity index is 1.59. The quantitative estimate of drug-likeness (QED) is 0.290. The number of halogens is 1. The minimum atomic E-state index is -4.23. The maximum atomic E-state index is 14.1. The first-order valence-corrected chi connectivity index (χ1v) is 15.1. The van der Waals surface area contributed by atoms with E-state index in [1.165, 1.54) is 70.9 Å². The van der Waals surface area contributed by atoms with E-state index in [9.17, 15) is 26.0 Å². The van der Waals surface area contributed by atoms with Crippen molar-refractivity contribution >= 4 is 31.1 Å². The fourth-order valence-corrected chi connectivity index (χ4v) is 6.15. The van der Waals surface area contributed by atoms with Crippen molar-refractivity contribution in [2.45, 2.75) is 16.7 Å². The number of rotatable bonds is 8. The van der Waals surface area contributed by atoms with Crippen molar-refractivity contribution in [2.75, 3.05) is 10.5 Å². The number of nitrogens with zero attached hydrogens (tertiary/aromatic N) is 3. The number of sulfonamides is 1. The van der Waals surface area contributed by atoms with Crippen LogP contribution in [0.15, 0.2) is 100 Å². The third-order valence-corrected chi connectivity index (χ3v) is 9.31. The average Bonchev–Trinajstić information content (AvgIpc) is 3.41. The van der Waals surface area contributed by atoms with Crippen LogP contribution in [0.4, 0.5) is 10.1 Å². The zero-order chi connectivity index (χ0) is 28.7. The second-order valence-corrected chi connectivity index (χ2v) is 12.7. The molecule has 1 N–H and O–H groups in total. The number of hydrogen-bond acceptors (Lipinski definition) is 7. The number of sulfone groups is 1. The van der Waals surface area contributed by atoms with Crippen LogP contribution in [0.2, 0.25) is 0 Å². The lowest BCUT2D eigenvalue weighted by atomic mass is 10.1. The van der Waals surface area contributed by atoms with Gasteiger partial charge in [-0.2, -0.15) is 0 Å². The summed E-state index contributed by atoms with van der Waals surface area (Å²) in [7, 11) is -6.25. The van der Waals surface area contributed by atoms with E-state index in [1.54, 1.807) is 25.4 Å². The van der Waals surface area contributed by atoms with Crippen LogP contribution in [0, 0.1) is 5.82 Å². The molecule has 0 spiro atoms. The molecule has 0 aliphatic carbocycles. The molecule has 0 radical (unpaired) electrons. The molecule has 2 aromatic heterocycles. The minimum Gasteiger partial charge on any atom is -0.457 e. The van der Waals surface area contributed by atoms with Crippen LogP contribution in [-0.2, 0) is 26.9 Å². The summed E-state index contributed by atoms with van der Waals surface area (Å²) < 4.78 is 76.4. The van der Waals surface area contributed by atoms with E-state index in [0.29, 0.717) is 11.3 Å². The molecule has 0 unspecified atom stereocenters. The minimum absolute atomic E-state index is 0.0610. The Bertz CT molecular complexity index is 2040. The van der Waals surface area contributed by atoms with Gasteiger partial charge >= 0.3 is 0 Å². The van der Waals surface area contributed by atoms with Gasteiger partial charge in [0, 0.05) is 24.9 Å². The molecule has 0 saturated carbocycles. The van der Waals surface area contributed by atoms with Gasteiger partial charge < -0.3 is 9.30 Å². The van der Waals surface area contributed by atoms with Gasteiger partial charge in [0.25, 0.3) is 15.6 Å². The highest BCUT2D eigenvalue weighted by Gasteiger charge is 2.21. The highest BCUT2D eigenvalue weighted by Crippen LogP contribution is 2.36. The molecular formula is C27H23FN4O6S2. The molecule has 0 saturated heterocycles. The van der Waals surface area contributed by atoms with Crippen molar-refractivity contribution in [3.63, 3.8) is 0 Å². The number of aromatic nitrogens is 3. The summed E-state index contributed by atoms with van der Waals surface area (Å²) in [5, 5.41) is 0. The van der Waals surface area contributed by atoms with Gasteiger partial charge in [0.15, 0.2) is 9.84 Å². The molecule has 2 heterocycles. The molecule has 5 rings (SSSR count). The maximum absolute atomic E-state index is 14.1. The molecule has 0 aliphatic rings. The van der Waals surface area contributed by atoms with E-state index in [4.69, 9.17) is 4.74 Å². The summed E-state index contributed by atoms with van der Waals surface area (Å²) in [5.74, 6) is -0.562. The second kappa shape index (κ2) is 10.2. The maximum Gasteiger partial charge on any atom is 0.276 e. The van der Waals surface area contributed by atoms with Crippen LogP contribution < -0.4 is 15.0 Å². The lowest BCUT2D eigenvalue weighted by Gasteiger charge is -2.16. The number of hydrogen-bond donors (Lipinski definition) is 1. The predicted octanol–water partition coefficient (Wildman–Crippen LogP) is 4.23. The zero-order valence-electron chi connectivity index (χ0n) is 21.3. The number of ether oxygens (including phenoxy) is 1. The van der Waals surface area contributed by atoms with Gasteiger partial charge in [-0.3, -0.25) is 13.9 Å². The Morgan fingerprint density at radius 1 is 1.00 bits per heavy atom. The molecule has 0 atom stereocenters. The van der Waals surface area contributed by atoms with Gasteiger partial charge in [-0.15, -0.1) is 0 Å². The monoisotopic (exact) mass is 582 g/mol. The van der Waals surface area contributed by atoms with Gasteiger partial charge in [-0.05, 0) is 42.5 Å². The summed E-state index contributed by atoms with van der Waals surface area (Å²) in [5.41, 5.74) is 0.890. The molecular weight excluding hydrogens is 559 g/mol. The molecule has 206 valence electrons. The Labute approximate surface area is 229 Å². The second-order valence-electron chi connectivity index (χ2n) is 8.81. The first-order valence-electron chi connectivity index (χ1n) is 11.9. The SMILES string of the molecule is CCS(=O)(=O)c1ccc(Oc2cccc(NS(=O)(=O)c3ccccc3F)c2)c(-c2cn(C)c(=O)c3cncn23)c1. The first-order chi connectivity index (χ1) is 19.0. The van der Waals surface area contributed by atoms with Crippen LogP contribution in [0.1, 0.15) is 6.92 Å². The topological polar surface area (TPSA) is 129 Å². The Hall–Kier alpha value is -4.49. The van der Waals surface area contributed by atoms with Crippen LogP contribution in [0.5, 0.6) is 11.5 Å². The van der Waals surface area contributed by atoms with Gasteiger partial charge in [0.1, 0.15) is 27.7 Å². The molecule has 0 amide bonds. The van der Waals surface area contributed by atoms with Crippen molar-refractivity contribution in [1.82, 2.24) is 14.0 Å². The van der Waals surface area contributed by atoms with E-state index in [2.05, 4.69) is 9.71 Å². The molecule has 0 fully saturated rings. The van der Waals surface area contributed by atoms with Gasteiger partial charge in [0.2, 0.25) is 0 Å². The van der Waals surface area contributed by atoms with Gasteiger partial charge in [0.05, 0.1) is 34.6 Å². The summed E-state index contributed by atoms with van der Waals surface area (Å²) in [6, 6.07) is 15.4. The van der Waals surface area contributed by atoms with E-state index in [0.717, 1.165) is 12.1 Å². The number of fused-ring (bicyclic) bond motifs is 1. The predicted molar refractivity (Wildman–Crippen MR) is 147 cm³/mol. The lowest BCUT2D eigenvalue weighted by molar-refractivity contribution is 0.484. The molecule has 5 aromatic rings. The molecule has 0 aliphatic heterocycles. The Morgan fingerprint density at radius 3 is 2.52 bits per heavy atom. The number of benzene rings is 3. The number of aryl methyl sites for hydroxylation is 1. The first kappa shape index (κ1) is 27.1. The summed E-state index contributed by atoms with van der Waals surface area (Å²) >= 11 is 0. The van der Waals surface area contributed by atoms with Gasteiger partial charge in [-0.1, -0.05) is 25.1 Å². The van der Waals surface area contributed by atoms with Crippen LogP contribution in [0.25, 0.3) is 16.8 Å². The van der Waals surface area contributed by atoms with E-state index < -0.39 is 30.6 Å². The van der Waals surface area contributed by atoms with Crippen molar-refractivity contribution < 1.29 is 26.0 Å². The highest BCUT2D eigenvalue weighted by molar-refractivity contribution is 7.92. The largest absolute Gasteiger partial charge is 0.457 e. The summed E-state index contributed by atoms with van der Waals surface area (Å²) in [6.07, 6.45) is 4.39. The van der Waals surface area contributed by atoms with Crippen molar-refractivity contribution in [2.24, 2.45) is 7.05 Å². The molecule has 13 heteroatoms. The molecule has 3 aromatic carbocycles. The highest BCUT2D eigenvalue weighted by atomic mass is 32.2. The molecule has 0 bridgehead atoms. The molecule has 40 heavy (non-hydrogen) atoms. The van der Waals surface area contributed by atoms with Crippen molar-refractivity contribution in [3.05, 3.63) is 102 Å². The smallest absolute Gasteiger partial charge is 0.276 e. The van der Waals surface area contributed by atoms with Crippen molar-refractivity contribution in [3.8, 4) is 22.8 Å². The fraction of sp³-hybridized carbons (Fsp3) is 0.111. The normalized spacial score (nSPS) is 12.0. The van der Waals surface area contributed by atoms with E-state index in [1.807, 2.05) is 0 Å². The number of anilines is 1. The average molecular weight is 583 g/mol. The Morgan fingerprint density at radius 2 is 1.77 bits per heavy atom. The van der Waals surface area contributed by atoms with Crippen LogP contribution >= 0.6 is 0 Å². The third kappa shape index (κ3) is 5.08. The fourth-order valence-electron chi connectivity index (χ4n) is 4.11. The Kier molecular flexibility index (Phi) is 6.94. The zero-order valence-corrected chi connectivity index (χ0v) is 22.9.